The van der Waals surface area contributed by atoms with Gasteiger partial charge in [0.25, 0.3) is 0 Å². The third-order valence-corrected chi connectivity index (χ3v) is 3.67. The highest BCUT2D eigenvalue weighted by molar-refractivity contribution is 9.10. The quantitative estimate of drug-likeness (QED) is 0.790. The normalized spacial score (nSPS) is 11.6. The third-order valence-electron chi connectivity index (χ3n) is 3.00. The molecule has 0 aromatic carbocycles. The Morgan fingerprint density at radius 1 is 1.50 bits per heavy atom. The van der Waals surface area contributed by atoms with E-state index in [9.17, 15) is 0 Å². The van der Waals surface area contributed by atoms with E-state index in [-0.39, 0.29) is 0 Å². The number of hydrogen-bond acceptors (Lipinski definition) is 3. The predicted octanol–water partition coefficient (Wildman–Crippen LogP) is 2.88. The Balaban J connectivity index is 2.34. The Morgan fingerprint density at radius 3 is 2.94 bits per heavy atom. The van der Waals surface area contributed by atoms with Crippen LogP contribution < -0.4 is 0 Å². The molecule has 0 radical (unpaired) electrons. The van der Waals surface area contributed by atoms with Gasteiger partial charge in [0.2, 0.25) is 0 Å². The molecule has 2 aromatic heterocycles. The summed E-state index contributed by atoms with van der Waals surface area (Å²) < 4.78 is 3.03. The topological polar surface area (TPSA) is 34.0 Å². The molecule has 0 N–H and O–H groups in total. The summed E-state index contributed by atoms with van der Waals surface area (Å²) in [5.74, 6) is 1.28. The first-order valence-corrected chi connectivity index (χ1v) is 7.23. The molecular formula is C12H16BrClN4. The van der Waals surface area contributed by atoms with E-state index in [4.69, 9.17) is 11.6 Å². The van der Waals surface area contributed by atoms with E-state index >= 15 is 0 Å². The van der Waals surface area contributed by atoms with Crippen molar-refractivity contribution in [2.45, 2.75) is 19.3 Å². The van der Waals surface area contributed by atoms with Crippen LogP contribution in [0.2, 0.25) is 0 Å². The third kappa shape index (κ3) is 2.84. The van der Waals surface area contributed by atoms with Crippen molar-refractivity contribution in [3.05, 3.63) is 22.6 Å². The summed E-state index contributed by atoms with van der Waals surface area (Å²) in [6.07, 6.45) is 1.79. The van der Waals surface area contributed by atoms with E-state index in [1.54, 1.807) is 6.20 Å². The van der Waals surface area contributed by atoms with E-state index in [0.717, 1.165) is 41.1 Å². The summed E-state index contributed by atoms with van der Waals surface area (Å²) in [7, 11) is 2.10. The van der Waals surface area contributed by atoms with Gasteiger partial charge in [-0.15, -0.1) is 11.6 Å². The molecule has 0 spiro atoms. The minimum absolute atomic E-state index is 0.407. The summed E-state index contributed by atoms with van der Waals surface area (Å²) in [6, 6.07) is 1.97. The van der Waals surface area contributed by atoms with Crippen molar-refractivity contribution >= 4 is 38.7 Å². The molecule has 18 heavy (non-hydrogen) atoms. The molecule has 2 rings (SSSR count). The molecule has 0 amide bonds. The van der Waals surface area contributed by atoms with Gasteiger partial charge in [0.15, 0.2) is 5.65 Å². The summed E-state index contributed by atoms with van der Waals surface area (Å²) in [6.45, 7) is 4.99. The number of pyridine rings is 1. The zero-order valence-corrected chi connectivity index (χ0v) is 12.9. The van der Waals surface area contributed by atoms with Crippen molar-refractivity contribution in [3.8, 4) is 0 Å². The second-order valence-electron chi connectivity index (χ2n) is 4.21. The number of rotatable bonds is 5. The second-order valence-corrected chi connectivity index (χ2v) is 5.39. The fourth-order valence-electron chi connectivity index (χ4n) is 1.80. The molecule has 2 heterocycles. The van der Waals surface area contributed by atoms with Gasteiger partial charge in [-0.05, 0) is 35.6 Å². The van der Waals surface area contributed by atoms with E-state index in [1.165, 1.54) is 0 Å². The van der Waals surface area contributed by atoms with Crippen LogP contribution in [0.1, 0.15) is 12.7 Å². The van der Waals surface area contributed by atoms with E-state index in [0.29, 0.717) is 5.88 Å². The lowest BCUT2D eigenvalue weighted by molar-refractivity contribution is 0.335. The lowest BCUT2D eigenvalue weighted by Crippen LogP contribution is -2.23. The monoisotopic (exact) mass is 330 g/mol. The van der Waals surface area contributed by atoms with Crippen LogP contribution in [0.3, 0.4) is 0 Å². The van der Waals surface area contributed by atoms with Gasteiger partial charge in [-0.1, -0.05) is 6.92 Å². The molecule has 6 heteroatoms. The van der Waals surface area contributed by atoms with Gasteiger partial charge in [-0.25, -0.2) is 9.97 Å². The van der Waals surface area contributed by atoms with Crippen LogP contribution in [0.15, 0.2) is 16.7 Å². The number of nitrogens with zero attached hydrogens (tertiary/aromatic N) is 4. The lowest BCUT2D eigenvalue weighted by Gasteiger charge is -2.15. The molecular weight excluding hydrogens is 316 g/mol. The van der Waals surface area contributed by atoms with Crippen molar-refractivity contribution in [1.82, 2.24) is 19.4 Å². The highest BCUT2D eigenvalue weighted by Crippen LogP contribution is 2.19. The molecule has 98 valence electrons. The minimum atomic E-state index is 0.407. The first-order chi connectivity index (χ1) is 8.65. The van der Waals surface area contributed by atoms with E-state index in [1.807, 2.05) is 6.07 Å². The van der Waals surface area contributed by atoms with Crippen molar-refractivity contribution in [2.75, 3.05) is 20.1 Å². The van der Waals surface area contributed by atoms with E-state index in [2.05, 4.69) is 49.3 Å². The fraction of sp³-hybridized carbons (Fsp3) is 0.500. The van der Waals surface area contributed by atoms with Crippen LogP contribution in [0, 0.1) is 0 Å². The van der Waals surface area contributed by atoms with Crippen molar-refractivity contribution in [2.24, 2.45) is 0 Å². The molecule has 4 nitrogen and oxygen atoms in total. The van der Waals surface area contributed by atoms with Gasteiger partial charge in [-0.3, -0.25) is 0 Å². The summed E-state index contributed by atoms with van der Waals surface area (Å²) in [5, 5.41) is 0. The predicted molar refractivity (Wildman–Crippen MR) is 78.0 cm³/mol. The van der Waals surface area contributed by atoms with Gasteiger partial charge in [-0.2, -0.15) is 0 Å². The molecule has 0 saturated heterocycles. The zero-order valence-electron chi connectivity index (χ0n) is 10.5. The minimum Gasteiger partial charge on any atom is -0.310 e. The van der Waals surface area contributed by atoms with Gasteiger partial charge in [0, 0.05) is 23.8 Å². The number of alkyl halides is 1. The fourth-order valence-corrected chi connectivity index (χ4v) is 2.32. The maximum atomic E-state index is 5.96. The first kappa shape index (κ1) is 13.8. The van der Waals surface area contributed by atoms with Gasteiger partial charge < -0.3 is 9.47 Å². The highest BCUT2D eigenvalue weighted by atomic mass is 79.9. The van der Waals surface area contributed by atoms with Gasteiger partial charge in [0.1, 0.15) is 11.3 Å². The Bertz CT molecular complexity index is 540. The van der Waals surface area contributed by atoms with Gasteiger partial charge >= 0.3 is 0 Å². The zero-order chi connectivity index (χ0) is 13.1. The molecule has 0 atom stereocenters. The molecule has 0 fully saturated rings. The molecule has 0 aliphatic rings. The van der Waals surface area contributed by atoms with Crippen LogP contribution in [-0.2, 0) is 12.4 Å². The smallest absolute Gasteiger partial charge is 0.160 e. The summed E-state index contributed by atoms with van der Waals surface area (Å²) in [4.78, 5) is 11.2. The Hall–Kier alpha value is -0.650. The number of halogens is 2. The average molecular weight is 332 g/mol. The van der Waals surface area contributed by atoms with Gasteiger partial charge in [0.05, 0.1) is 5.88 Å². The van der Waals surface area contributed by atoms with Crippen molar-refractivity contribution in [3.63, 3.8) is 0 Å². The number of hydrogen-bond donors (Lipinski definition) is 0. The summed E-state index contributed by atoms with van der Waals surface area (Å²) in [5.41, 5.74) is 1.79. The van der Waals surface area contributed by atoms with Crippen LogP contribution in [0.25, 0.3) is 11.2 Å². The molecule has 0 bridgehead atoms. The molecule has 2 aromatic rings. The number of fused-ring (bicyclic) bond motifs is 1. The van der Waals surface area contributed by atoms with Crippen LogP contribution in [0.5, 0.6) is 0 Å². The molecule has 0 aliphatic carbocycles. The largest absolute Gasteiger partial charge is 0.310 e. The van der Waals surface area contributed by atoms with Crippen molar-refractivity contribution < 1.29 is 0 Å². The Labute approximate surface area is 120 Å². The molecule has 0 unspecified atom stereocenters. The second kappa shape index (κ2) is 5.99. The first-order valence-electron chi connectivity index (χ1n) is 5.91. The standard InChI is InChI=1S/C12H16BrClN4/c1-3-17(2)4-5-18-11(7-14)16-10-6-9(13)8-15-12(10)18/h6,8H,3-5,7H2,1-2H3. The molecule has 0 saturated carbocycles. The average Bonchev–Trinajstić information content (AvgIpc) is 2.72. The SMILES string of the molecule is CCN(C)CCn1c(CCl)nc2cc(Br)cnc21. The molecule has 0 aliphatic heterocycles. The maximum absolute atomic E-state index is 5.96. The van der Waals surface area contributed by atoms with Crippen molar-refractivity contribution in [1.29, 1.82) is 0 Å². The number of likely N-dealkylation sites (N-methyl/N-ethyl adjacent to an activating group) is 1. The lowest BCUT2D eigenvalue weighted by atomic mass is 10.4. The Kier molecular flexibility index (Phi) is 4.59. The van der Waals surface area contributed by atoms with Crippen LogP contribution in [0.4, 0.5) is 0 Å². The Morgan fingerprint density at radius 2 is 2.28 bits per heavy atom. The number of aromatic nitrogens is 3. The van der Waals surface area contributed by atoms with E-state index < -0.39 is 0 Å². The van der Waals surface area contributed by atoms with Crippen LogP contribution >= 0.6 is 27.5 Å². The van der Waals surface area contributed by atoms with Crippen LogP contribution in [-0.4, -0.2) is 39.6 Å². The number of imidazole rings is 1. The highest BCUT2D eigenvalue weighted by Gasteiger charge is 2.11. The summed E-state index contributed by atoms with van der Waals surface area (Å²) >= 11 is 9.36. The maximum Gasteiger partial charge on any atom is 0.160 e.